The second kappa shape index (κ2) is 9.27. The molecule has 0 aliphatic carbocycles. The fraction of sp³-hybridized carbons (Fsp3) is 0.556. The summed E-state index contributed by atoms with van der Waals surface area (Å²) >= 11 is 0. The van der Waals surface area contributed by atoms with Gasteiger partial charge in [0.15, 0.2) is 0 Å². The monoisotopic (exact) mass is 399 g/mol. The molecule has 150 valence electrons. The molecule has 1 aliphatic heterocycles. The SMILES string of the molecule is CCC(=O)N1CCN(C(=O)CCCN(C)S(=O)(=O)c2ccc(F)cc2)CC1. The average molecular weight is 399 g/mol. The average Bonchev–Trinajstić information content (AvgIpc) is 2.67. The molecule has 7 nitrogen and oxygen atoms in total. The van der Waals surface area contributed by atoms with E-state index < -0.39 is 15.8 Å². The third kappa shape index (κ3) is 5.49. The van der Waals surface area contributed by atoms with Crippen molar-refractivity contribution in [3.05, 3.63) is 30.1 Å². The molecule has 1 heterocycles. The third-order valence-corrected chi connectivity index (χ3v) is 6.54. The molecule has 0 atom stereocenters. The normalized spacial score (nSPS) is 15.3. The van der Waals surface area contributed by atoms with Crippen molar-refractivity contribution >= 4 is 21.8 Å². The van der Waals surface area contributed by atoms with Crippen molar-refractivity contribution in [3.63, 3.8) is 0 Å². The Hall–Kier alpha value is -2.00. The largest absolute Gasteiger partial charge is 0.339 e. The molecular formula is C18H26FN3O4S. The van der Waals surface area contributed by atoms with Gasteiger partial charge in [0, 0.05) is 52.6 Å². The summed E-state index contributed by atoms with van der Waals surface area (Å²) in [6.45, 7) is 4.10. The number of sulfonamides is 1. The van der Waals surface area contributed by atoms with Gasteiger partial charge in [0.1, 0.15) is 5.82 Å². The Kier molecular flexibility index (Phi) is 7.32. The van der Waals surface area contributed by atoms with Gasteiger partial charge in [-0.2, -0.15) is 0 Å². The van der Waals surface area contributed by atoms with E-state index in [1.54, 1.807) is 9.80 Å². The van der Waals surface area contributed by atoms with Gasteiger partial charge in [-0.1, -0.05) is 6.92 Å². The number of hydrogen-bond donors (Lipinski definition) is 0. The van der Waals surface area contributed by atoms with Crippen molar-refractivity contribution in [2.45, 2.75) is 31.1 Å². The number of benzene rings is 1. The highest BCUT2D eigenvalue weighted by atomic mass is 32.2. The van der Waals surface area contributed by atoms with Crippen LogP contribution in [0.25, 0.3) is 0 Å². The van der Waals surface area contributed by atoms with Crippen LogP contribution in [-0.2, 0) is 19.6 Å². The van der Waals surface area contributed by atoms with Gasteiger partial charge in [-0.15, -0.1) is 0 Å². The summed E-state index contributed by atoms with van der Waals surface area (Å²) in [5.41, 5.74) is 0. The quantitative estimate of drug-likeness (QED) is 0.693. The highest BCUT2D eigenvalue weighted by molar-refractivity contribution is 7.89. The lowest BCUT2D eigenvalue weighted by atomic mass is 10.2. The number of nitrogens with zero attached hydrogens (tertiary/aromatic N) is 3. The Bertz CT molecular complexity index is 759. The minimum absolute atomic E-state index is 0.0226. The van der Waals surface area contributed by atoms with Gasteiger partial charge in [-0.3, -0.25) is 9.59 Å². The van der Waals surface area contributed by atoms with Crippen LogP contribution in [0.3, 0.4) is 0 Å². The smallest absolute Gasteiger partial charge is 0.242 e. The third-order valence-electron chi connectivity index (χ3n) is 4.67. The maximum absolute atomic E-state index is 13.0. The van der Waals surface area contributed by atoms with E-state index in [4.69, 9.17) is 0 Å². The van der Waals surface area contributed by atoms with Crippen molar-refractivity contribution in [3.8, 4) is 0 Å². The van der Waals surface area contributed by atoms with Crippen molar-refractivity contribution in [2.24, 2.45) is 0 Å². The Labute approximate surface area is 159 Å². The van der Waals surface area contributed by atoms with Crippen LogP contribution in [0.2, 0.25) is 0 Å². The molecule has 0 radical (unpaired) electrons. The van der Waals surface area contributed by atoms with E-state index in [0.29, 0.717) is 39.0 Å². The second-order valence-corrected chi connectivity index (χ2v) is 8.54. The first-order valence-electron chi connectivity index (χ1n) is 9.03. The van der Waals surface area contributed by atoms with Crippen LogP contribution in [0.1, 0.15) is 26.2 Å². The molecule has 0 aromatic heterocycles. The Morgan fingerprint density at radius 2 is 1.56 bits per heavy atom. The van der Waals surface area contributed by atoms with E-state index in [-0.39, 0.29) is 29.7 Å². The van der Waals surface area contributed by atoms with Gasteiger partial charge in [0.25, 0.3) is 0 Å². The van der Waals surface area contributed by atoms with E-state index in [9.17, 15) is 22.4 Å². The van der Waals surface area contributed by atoms with E-state index in [0.717, 1.165) is 12.1 Å². The van der Waals surface area contributed by atoms with E-state index in [1.165, 1.54) is 23.5 Å². The fourth-order valence-electron chi connectivity index (χ4n) is 2.95. The van der Waals surface area contributed by atoms with Crippen molar-refractivity contribution in [2.75, 3.05) is 39.8 Å². The van der Waals surface area contributed by atoms with Crippen LogP contribution in [0, 0.1) is 5.82 Å². The van der Waals surface area contributed by atoms with E-state index in [2.05, 4.69) is 0 Å². The lowest BCUT2D eigenvalue weighted by Gasteiger charge is -2.34. The standard InChI is InChI=1S/C18H26FN3O4S/c1-3-17(23)21-11-13-22(14-12-21)18(24)5-4-10-20(2)27(25,26)16-8-6-15(19)7-9-16/h6-9H,3-5,10-14H2,1-2H3. The number of piperazine rings is 1. The van der Waals surface area contributed by atoms with Crippen LogP contribution < -0.4 is 0 Å². The minimum Gasteiger partial charge on any atom is -0.339 e. The maximum atomic E-state index is 13.0. The van der Waals surface area contributed by atoms with Gasteiger partial charge in [0.2, 0.25) is 21.8 Å². The Morgan fingerprint density at radius 1 is 1.04 bits per heavy atom. The summed E-state index contributed by atoms with van der Waals surface area (Å²) in [6, 6.07) is 4.66. The molecule has 1 aliphatic rings. The summed E-state index contributed by atoms with van der Waals surface area (Å²) in [5, 5.41) is 0. The molecule has 2 rings (SSSR count). The zero-order valence-corrected chi connectivity index (χ0v) is 16.5. The van der Waals surface area contributed by atoms with Gasteiger partial charge < -0.3 is 9.80 Å². The predicted molar refractivity (Wildman–Crippen MR) is 98.9 cm³/mol. The second-order valence-electron chi connectivity index (χ2n) is 6.50. The molecule has 1 fully saturated rings. The molecule has 27 heavy (non-hydrogen) atoms. The van der Waals surface area contributed by atoms with Gasteiger partial charge in [-0.05, 0) is 30.7 Å². The number of halogens is 1. The van der Waals surface area contributed by atoms with Crippen LogP contribution in [0.15, 0.2) is 29.2 Å². The zero-order chi connectivity index (χ0) is 20.0. The van der Waals surface area contributed by atoms with Crippen molar-refractivity contribution < 1.29 is 22.4 Å². The number of amides is 2. The summed E-state index contributed by atoms with van der Waals surface area (Å²) < 4.78 is 39.0. The molecule has 1 aromatic rings. The first-order valence-corrected chi connectivity index (χ1v) is 10.5. The predicted octanol–water partition coefficient (Wildman–Crippen LogP) is 1.31. The zero-order valence-electron chi connectivity index (χ0n) is 15.7. The van der Waals surface area contributed by atoms with Crippen molar-refractivity contribution in [1.29, 1.82) is 0 Å². The van der Waals surface area contributed by atoms with Crippen LogP contribution in [0.5, 0.6) is 0 Å². The first-order chi connectivity index (χ1) is 12.8. The summed E-state index contributed by atoms with van der Waals surface area (Å²) in [4.78, 5) is 27.5. The molecule has 0 saturated carbocycles. The summed E-state index contributed by atoms with van der Waals surface area (Å²) in [5.74, 6) is -0.441. The first kappa shape index (κ1) is 21.3. The molecule has 0 N–H and O–H groups in total. The number of carbonyl (C=O) groups excluding carboxylic acids is 2. The molecule has 1 aromatic carbocycles. The van der Waals surface area contributed by atoms with Crippen LogP contribution in [-0.4, -0.2) is 74.1 Å². The van der Waals surface area contributed by atoms with Gasteiger partial charge in [0.05, 0.1) is 4.90 Å². The van der Waals surface area contributed by atoms with Crippen LogP contribution in [0.4, 0.5) is 4.39 Å². The van der Waals surface area contributed by atoms with Gasteiger partial charge in [-0.25, -0.2) is 17.1 Å². The van der Waals surface area contributed by atoms with Gasteiger partial charge >= 0.3 is 0 Å². The minimum atomic E-state index is -3.70. The molecule has 9 heteroatoms. The number of carbonyl (C=O) groups is 2. The summed E-state index contributed by atoms with van der Waals surface area (Å²) in [7, 11) is -2.26. The Balaban J connectivity index is 1.79. The lowest BCUT2D eigenvalue weighted by Crippen LogP contribution is -2.50. The molecule has 0 bridgehead atoms. The topological polar surface area (TPSA) is 78.0 Å². The summed E-state index contributed by atoms with van der Waals surface area (Å²) in [6.07, 6.45) is 1.09. The molecule has 1 saturated heterocycles. The maximum Gasteiger partial charge on any atom is 0.242 e. The number of hydrogen-bond acceptors (Lipinski definition) is 4. The molecule has 0 unspecified atom stereocenters. The van der Waals surface area contributed by atoms with E-state index >= 15 is 0 Å². The lowest BCUT2D eigenvalue weighted by molar-refractivity contribution is -0.139. The highest BCUT2D eigenvalue weighted by Gasteiger charge is 2.24. The van der Waals surface area contributed by atoms with E-state index in [1.807, 2.05) is 6.92 Å². The highest BCUT2D eigenvalue weighted by Crippen LogP contribution is 2.15. The van der Waals surface area contributed by atoms with Crippen molar-refractivity contribution in [1.82, 2.24) is 14.1 Å². The molecule has 2 amide bonds. The number of rotatable bonds is 7. The molecule has 0 spiro atoms. The molecular weight excluding hydrogens is 373 g/mol. The van der Waals surface area contributed by atoms with Crippen LogP contribution >= 0.6 is 0 Å². The Morgan fingerprint density at radius 3 is 2.07 bits per heavy atom. The fourth-order valence-corrected chi connectivity index (χ4v) is 4.16.